The van der Waals surface area contributed by atoms with Crippen molar-refractivity contribution in [3.8, 4) is 11.1 Å². The molecule has 174 valence electrons. The van der Waals surface area contributed by atoms with E-state index in [1.165, 1.54) is 10.9 Å². The van der Waals surface area contributed by atoms with Crippen LogP contribution >= 0.6 is 0 Å². The van der Waals surface area contributed by atoms with Gasteiger partial charge in [-0.05, 0) is 46.9 Å². The van der Waals surface area contributed by atoms with Gasteiger partial charge in [-0.25, -0.2) is 4.98 Å². The summed E-state index contributed by atoms with van der Waals surface area (Å²) in [5, 5.41) is 7.72. The third-order valence-corrected chi connectivity index (χ3v) is 6.03. The number of carbonyl (C=O) groups excluding carboxylic acids is 1. The molecule has 0 saturated heterocycles. The molecule has 2 heterocycles. The van der Waals surface area contributed by atoms with E-state index in [1.54, 1.807) is 12.3 Å². The number of para-hydroxylation sites is 1. The molecule has 2 aromatic heterocycles. The summed E-state index contributed by atoms with van der Waals surface area (Å²) in [5.74, 6) is -0.245. The standard InChI is InChI=1S/C28H25N5O2/c1-20-6-4-9-25-27(20)30-19-32(28(25)35)18-26(34)29-16-23-7-2-3-8-24(23)22-12-10-21(11-13-22)17-33-15-5-14-31-33/h2-15,19H,16-18H2,1H3,(H,29,34). The van der Waals surface area contributed by atoms with E-state index in [9.17, 15) is 9.59 Å². The molecule has 0 fully saturated rings. The number of carbonyl (C=O) groups is 1. The van der Waals surface area contributed by atoms with Gasteiger partial charge in [0.1, 0.15) is 6.54 Å². The summed E-state index contributed by atoms with van der Waals surface area (Å²) in [6.45, 7) is 2.91. The second-order valence-corrected chi connectivity index (χ2v) is 8.48. The minimum Gasteiger partial charge on any atom is -0.350 e. The van der Waals surface area contributed by atoms with Crippen molar-refractivity contribution in [2.24, 2.45) is 0 Å². The van der Waals surface area contributed by atoms with Crippen molar-refractivity contribution in [1.82, 2.24) is 24.6 Å². The number of hydrogen-bond acceptors (Lipinski definition) is 4. The van der Waals surface area contributed by atoms with Gasteiger partial charge in [0.05, 0.1) is 23.8 Å². The zero-order valence-corrected chi connectivity index (χ0v) is 19.4. The highest BCUT2D eigenvalue weighted by molar-refractivity contribution is 5.81. The Morgan fingerprint density at radius 2 is 1.80 bits per heavy atom. The van der Waals surface area contributed by atoms with E-state index in [-0.39, 0.29) is 18.0 Å². The van der Waals surface area contributed by atoms with Crippen LogP contribution < -0.4 is 10.9 Å². The minimum absolute atomic E-state index is 0.0833. The summed E-state index contributed by atoms with van der Waals surface area (Å²) in [5.41, 5.74) is 5.67. The fourth-order valence-corrected chi connectivity index (χ4v) is 4.18. The lowest BCUT2D eigenvalue weighted by Crippen LogP contribution is -2.32. The van der Waals surface area contributed by atoms with Crippen molar-refractivity contribution in [3.05, 3.63) is 119 Å². The molecule has 7 heteroatoms. The monoisotopic (exact) mass is 463 g/mol. The van der Waals surface area contributed by atoms with Crippen LogP contribution in [0, 0.1) is 6.92 Å². The predicted octanol–water partition coefficient (Wildman–Crippen LogP) is 3.93. The van der Waals surface area contributed by atoms with Gasteiger partial charge in [0.25, 0.3) is 5.56 Å². The van der Waals surface area contributed by atoms with Crippen LogP contribution in [0.1, 0.15) is 16.7 Å². The van der Waals surface area contributed by atoms with Gasteiger partial charge in [-0.1, -0.05) is 60.7 Å². The van der Waals surface area contributed by atoms with Crippen LogP contribution in [-0.4, -0.2) is 25.2 Å². The third kappa shape index (κ3) is 4.89. The van der Waals surface area contributed by atoms with E-state index in [0.29, 0.717) is 24.0 Å². The Hall–Kier alpha value is -4.52. The maximum absolute atomic E-state index is 12.8. The van der Waals surface area contributed by atoms with Crippen molar-refractivity contribution < 1.29 is 4.79 Å². The molecule has 35 heavy (non-hydrogen) atoms. The first-order chi connectivity index (χ1) is 17.1. The van der Waals surface area contributed by atoms with E-state index in [4.69, 9.17) is 0 Å². The predicted molar refractivity (Wildman–Crippen MR) is 136 cm³/mol. The van der Waals surface area contributed by atoms with Gasteiger partial charge in [-0.15, -0.1) is 0 Å². The van der Waals surface area contributed by atoms with Crippen LogP contribution in [-0.2, 0) is 24.4 Å². The number of benzene rings is 3. The van der Waals surface area contributed by atoms with Crippen molar-refractivity contribution >= 4 is 16.8 Å². The van der Waals surface area contributed by atoms with Crippen LogP contribution in [0.15, 0.2) is 96.3 Å². The molecule has 5 aromatic rings. The SMILES string of the molecule is Cc1cccc2c(=O)n(CC(=O)NCc3ccccc3-c3ccc(Cn4cccn4)cc3)cnc12. The summed E-state index contributed by atoms with van der Waals surface area (Å²) in [7, 11) is 0. The van der Waals surface area contributed by atoms with Gasteiger partial charge in [0, 0.05) is 18.9 Å². The molecule has 5 rings (SSSR count). The van der Waals surface area contributed by atoms with E-state index in [1.807, 2.05) is 60.3 Å². The molecule has 0 aliphatic heterocycles. The number of fused-ring (bicyclic) bond motifs is 1. The summed E-state index contributed by atoms with van der Waals surface area (Å²) in [6.07, 6.45) is 5.15. The second-order valence-electron chi connectivity index (χ2n) is 8.48. The van der Waals surface area contributed by atoms with Gasteiger partial charge in [-0.2, -0.15) is 5.10 Å². The zero-order valence-electron chi connectivity index (χ0n) is 19.4. The average Bonchev–Trinajstić information content (AvgIpc) is 3.39. The first-order valence-electron chi connectivity index (χ1n) is 11.4. The van der Waals surface area contributed by atoms with Crippen LogP contribution in [0.3, 0.4) is 0 Å². The highest BCUT2D eigenvalue weighted by Crippen LogP contribution is 2.24. The van der Waals surface area contributed by atoms with Gasteiger partial charge < -0.3 is 5.32 Å². The molecule has 0 saturated carbocycles. The smallest absolute Gasteiger partial charge is 0.261 e. The first kappa shape index (κ1) is 22.3. The number of rotatable bonds is 7. The lowest BCUT2D eigenvalue weighted by Gasteiger charge is -2.13. The van der Waals surface area contributed by atoms with E-state index < -0.39 is 0 Å². The number of aromatic nitrogens is 4. The van der Waals surface area contributed by atoms with Gasteiger partial charge >= 0.3 is 0 Å². The first-order valence-corrected chi connectivity index (χ1v) is 11.4. The maximum Gasteiger partial charge on any atom is 0.261 e. The van der Waals surface area contributed by atoms with Crippen molar-refractivity contribution in [2.45, 2.75) is 26.6 Å². The van der Waals surface area contributed by atoms with Crippen LogP contribution in [0.25, 0.3) is 22.0 Å². The van der Waals surface area contributed by atoms with Crippen LogP contribution in [0.5, 0.6) is 0 Å². The van der Waals surface area contributed by atoms with E-state index in [2.05, 4.69) is 39.7 Å². The highest BCUT2D eigenvalue weighted by Gasteiger charge is 2.11. The largest absolute Gasteiger partial charge is 0.350 e. The second kappa shape index (κ2) is 9.77. The maximum atomic E-state index is 12.8. The molecule has 0 radical (unpaired) electrons. The van der Waals surface area contributed by atoms with E-state index in [0.717, 1.165) is 27.8 Å². The third-order valence-electron chi connectivity index (χ3n) is 6.03. The molecule has 0 atom stereocenters. The molecular weight excluding hydrogens is 438 g/mol. The summed E-state index contributed by atoms with van der Waals surface area (Å²) >= 11 is 0. The molecule has 0 aliphatic carbocycles. The Morgan fingerprint density at radius 3 is 2.60 bits per heavy atom. The normalized spacial score (nSPS) is 11.0. The van der Waals surface area contributed by atoms with Gasteiger partial charge in [-0.3, -0.25) is 18.8 Å². The minimum atomic E-state index is -0.245. The molecule has 3 aromatic carbocycles. The Bertz CT molecular complexity index is 1540. The molecular formula is C28H25N5O2. The topological polar surface area (TPSA) is 81.8 Å². The van der Waals surface area contributed by atoms with Crippen molar-refractivity contribution in [2.75, 3.05) is 0 Å². The van der Waals surface area contributed by atoms with E-state index >= 15 is 0 Å². The lowest BCUT2D eigenvalue weighted by atomic mass is 9.98. The number of nitrogens with one attached hydrogen (secondary N) is 1. The van der Waals surface area contributed by atoms with Crippen LogP contribution in [0.2, 0.25) is 0 Å². The van der Waals surface area contributed by atoms with Gasteiger partial charge in [0.2, 0.25) is 5.91 Å². The number of nitrogens with zero attached hydrogens (tertiary/aromatic N) is 4. The van der Waals surface area contributed by atoms with Gasteiger partial charge in [0.15, 0.2) is 0 Å². The Labute approximate surface area is 202 Å². The molecule has 0 spiro atoms. The zero-order chi connectivity index (χ0) is 24.2. The fourth-order valence-electron chi connectivity index (χ4n) is 4.18. The summed E-state index contributed by atoms with van der Waals surface area (Å²) < 4.78 is 3.23. The summed E-state index contributed by atoms with van der Waals surface area (Å²) in [6, 6.07) is 23.7. The highest BCUT2D eigenvalue weighted by atomic mass is 16.2. The molecule has 7 nitrogen and oxygen atoms in total. The number of hydrogen-bond donors (Lipinski definition) is 1. The molecule has 0 unspecified atom stereocenters. The number of amides is 1. The fraction of sp³-hybridized carbons (Fsp3) is 0.143. The van der Waals surface area contributed by atoms with Crippen molar-refractivity contribution in [3.63, 3.8) is 0 Å². The summed E-state index contributed by atoms with van der Waals surface area (Å²) in [4.78, 5) is 29.8. The van der Waals surface area contributed by atoms with Crippen LogP contribution in [0.4, 0.5) is 0 Å². The number of aryl methyl sites for hydroxylation is 1. The molecule has 0 bridgehead atoms. The Morgan fingerprint density at radius 1 is 0.971 bits per heavy atom. The average molecular weight is 464 g/mol. The Kier molecular flexibility index (Phi) is 6.22. The van der Waals surface area contributed by atoms with Crippen molar-refractivity contribution in [1.29, 1.82) is 0 Å². The Balaban J connectivity index is 1.28. The lowest BCUT2D eigenvalue weighted by molar-refractivity contribution is -0.121. The quantitative estimate of drug-likeness (QED) is 0.397. The molecule has 0 aliphatic rings. The molecule has 1 N–H and O–H groups in total. The molecule has 1 amide bonds.